The van der Waals surface area contributed by atoms with Crippen molar-refractivity contribution >= 4 is 17.4 Å². The van der Waals surface area contributed by atoms with E-state index in [1.807, 2.05) is 0 Å². The van der Waals surface area contributed by atoms with E-state index in [-0.39, 0.29) is 0 Å². The van der Waals surface area contributed by atoms with Crippen molar-refractivity contribution in [2.75, 3.05) is 5.73 Å². The second kappa shape index (κ2) is 2.89. The molecule has 3 rings (SSSR count). The maximum absolute atomic E-state index is 6.03. The van der Waals surface area contributed by atoms with Crippen LogP contribution in [0.5, 0.6) is 0 Å². The Morgan fingerprint density at radius 1 is 1.29 bits per heavy atom. The minimum absolute atomic E-state index is 0.338. The molecule has 14 heavy (non-hydrogen) atoms. The van der Waals surface area contributed by atoms with Crippen molar-refractivity contribution in [3.63, 3.8) is 0 Å². The van der Waals surface area contributed by atoms with E-state index in [1.54, 1.807) is 0 Å². The fourth-order valence-electron chi connectivity index (χ4n) is 2.89. The molecule has 0 aromatic carbocycles. The smallest absolute Gasteiger partial charge is 0.186 e. The summed E-state index contributed by atoms with van der Waals surface area (Å²) in [6, 6.07) is 0. The molecule has 2 aliphatic carbocycles. The van der Waals surface area contributed by atoms with E-state index in [2.05, 4.69) is 5.16 Å². The van der Waals surface area contributed by atoms with Crippen LogP contribution in [0, 0.1) is 11.8 Å². The van der Waals surface area contributed by atoms with Crippen LogP contribution in [-0.2, 0) is 0 Å². The van der Waals surface area contributed by atoms with Crippen molar-refractivity contribution in [3.05, 3.63) is 10.8 Å². The van der Waals surface area contributed by atoms with Gasteiger partial charge in [0.1, 0.15) is 5.02 Å². The lowest BCUT2D eigenvalue weighted by molar-refractivity contribution is 0.381. The number of anilines is 1. The Hall–Kier alpha value is -0.700. The van der Waals surface area contributed by atoms with Gasteiger partial charge >= 0.3 is 0 Å². The average molecular weight is 213 g/mol. The number of nitrogens with zero attached hydrogens (tertiary/aromatic N) is 1. The summed E-state index contributed by atoms with van der Waals surface area (Å²) in [5, 5.41) is 4.25. The molecule has 2 fully saturated rings. The van der Waals surface area contributed by atoms with Crippen molar-refractivity contribution in [3.8, 4) is 0 Å². The van der Waals surface area contributed by atoms with Crippen molar-refractivity contribution in [2.24, 2.45) is 11.8 Å². The second-order valence-electron chi connectivity index (χ2n) is 4.38. The molecule has 0 spiro atoms. The van der Waals surface area contributed by atoms with E-state index in [0.717, 1.165) is 17.6 Å². The first-order valence-electron chi connectivity index (χ1n) is 5.19. The molecule has 2 aliphatic rings. The number of hydrogen-bond donors (Lipinski definition) is 1. The van der Waals surface area contributed by atoms with Crippen molar-refractivity contribution in [1.29, 1.82) is 0 Å². The van der Waals surface area contributed by atoms with Gasteiger partial charge in [-0.15, -0.1) is 0 Å². The molecule has 2 unspecified atom stereocenters. The van der Waals surface area contributed by atoms with Gasteiger partial charge < -0.3 is 10.3 Å². The predicted octanol–water partition coefficient (Wildman–Crippen LogP) is 2.81. The normalized spacial score (nSPS) is 35.4. The summed E-state index contributed by atoms with van der Waals surface area (Å²) < 4.78 is 5.20. The van der Waals surface area contributed by atoms with Gasteiger partial charge in [0.2, 0.25) is 0 Å². The third-order valence-corrected chi connectivity index (χ3v) is 4.02. The Balaban J connectivity index is 1.87. The number of fused-ring (bicyclic) bond motifs is 1. The largest absolute Gasteiger partial charge is 0.380 e. The minimum atomic E-state index is 0.338. The maximum atomic E-state index is 6.03. The molecule has 1 aromatic rings. The van der Waals surface area contributed by atoms with Crippen LogP contribution >= 0.6 is 11.6 Å². The first kappa shape index (κ1) is 8.60. The summed E-state index contributed by atoms with van der Waals surface area (Å²) in [6.07, 6.45) is 5.32. The van der Waals surface area contributed by atoms with E-state index in [0.29, 0.717) is 16.8 Å². The minimum Gasteiger partial charge on any atom is -0.380 e. The van der Waals surface area contributed by atoms with Crippen LogP contribution in [0.4, 0.5) is 5.82 Å². The highest BCUT2D eigenvalue weighted by atomic mass is 35.5. The quantitative estimate of drug-likeness (QED) is 0.779. The standard InChI is InChI=1S/C10H13ClN2O/c11-8-9(14-13-10(8)12)7-5-3-1-2-4-6(5)7/h5-7H,1-4H2,(H2,12,13). The van der Waals surface area contributed by atoms with E-state index >= 15 is 0 Å². The monoisotopic (exact) mass is 212 g/mol. The van der Waals surface area contributed by atoms with Gasteiger partial charge in [0.15, 0.2) is 11.6 Å². The molecule has 3 nitrogen and oxygen atoms in total. The molecule has 2 N–H and O–H groups in total. The van der Waals surface area contributed by atoms with Gasteiger partial charge in [0.05, 0.1) is 0 Å². The van der Waals surface area contributed by atoms with Crippen LogP contribution in [0.2, 0.25) is 5.02 Å². The fraction of sp³-hybridized carbons (Fsp3) is 0.700. The maximum Gasteiger partial charge on any atom is 0.186 e. The Labute approximate surface area is 87.6 Å². The Bertz CT molecular complexity index is 351. The highest BCUT2D eigenvalue weighted by molar-refractivity contribution is 6.33. The molecule has 76 valence electrons. The first-order valence-corrected chi connectivity index (χ1v) is 5.57. The van der Waals surface area contributed by atoms with Gasteiger partial charge in [-0.05, 0) is 24.7 Å². The Morgan fingerprint density at radius 2 is 1.93 bits per heavy atom. The van der Waals surface area contributed by atoms with Gasteiger partial charge in [0, 0.05) is 5.92 Å². The van der Waals surface area contributed by atoms with E-state index in [9.17, 15) is 0 Å². The number of nitrogens with two attached hydrogens (primary N) is 1. The lowest BCUT2D eigenvalue weighted by atomic mass is 10.0. The Morgan fingerprint density at radius 3 is 2.43 bits per heavy atom. The molecular weight excluding hydrogens is 200 g/mol. The average Bonchev–Trinajstić information content (AvgIpc) is 2.84. The van der Waals surface area contributed by atoms with Gasteiger partial charge in [-0.1, -0.05) is 29.6 Å². The molecule has 4 heteroatoms. The first-order chi connectivity index (χ1) is 6.79. The van der Waals surface area contributed by atoms with Crippen LogP contribution in [0.25, 0.3) is 0 Å². The highest BCUT2D eigenvalue weighted by Crippen LogP contribution is 2.62. The van der Waals surface area contributed by atoms with Crippen molar-refractivity contribution in [1.82, 2.24) is 5.16 Å². The van der Waals surface area contributed by atoms with Gasteiger partial charge in [0.25, 0.3) is 0 Å². The molecule has 0 bridgehead atoms. The van der Waals surface area contributed by atoms with Crippen LogP contribution in [0.1, 0.15) is 37.4 Å². The van der Waals surface area contributed by atoms with Crippen LogP contribution in [0.15, 0.2) is 4.52 Å². The third kappa shape index (κ3) is 1.08. The lowest BCUT2D eigenvalue weighted by Gasteiger charge is -2.04. The molecule has 2 saturated carbocycles. The molecule has 0 radical (unpaired) electrons. The van der Waals surface area contributed by atoms with Crippen LogP contribution in [0.3, 0.4) is 0 Å². The summed E-state index contributed by atoms with van der Waals surface area (Å²) in [5.41, 5.74) is 5.56. The zero-order valence-electron chi connectivity index (χ0n) is 7.87. The number of aromatic nitrogens is 1. The highest BCUT2D eigenvalue weighted by Gasteiger charge is 2.54. The van der Waals surface area contributed by atoms with Crippen LogP contribution in [-0.4, -0.2) is 5.16 Å². The molecular formula is C10H13ClN2O. The molecule has 0 amide bonds. The van der Waals surface area contributed by atoms with Gasteiger partial charge in [-0.25, -0.2) is 0 Å². The van der Waals surface area contributed by atoms with Gasteiger partial charge in [-0.3, -0.25) is 0 Å². The summed E-state index contributed by atoms with van der Waals surface area (Å²) in [5.74, 6) is 3.25. The number of nitrogen functional groups attached to an aromatic ring is 1. The van der Waals surface area contributed by atoms with E-state index < -0.39 is 0 Å². The molecule has 1 aromatic heterocycles. The summed E-state index contributed by atoms with van der Waals surface area (Å²) >= 11 is 6.03. The Kier molecular flexibility index (Phi) is 1.78. The SMILES string of the molecule is Nc1noc(C2C3CCCCC32)c1Cl. The van der Waals surface area contributed by atoms with Crippen molar-refractivity contribution in [2.45, 2.75) is 31.6 Å². The molecule has 2 atom stereocenters. The van der Waals surface area contributed by atoms with Gasteiger partial charge in [-0.2, -0.15) is 0 Å². The summed E-state index contributed by atoms with van der Waals surface area (Å²) in [7, 11) is 0. The lowest BCUT2D eigenvalue weighted by Crippen LogP contribution is -1.91. The van der Waals surface area contributed by atoms with E-state index in [1.165, 1.54) is 25.7 Å². The van der Waals surface area contributed by atoms with Crippen LogP contribution < -0.4 is 5.73 Å². The number of halogens is 1. The zero-order valence-corrected chi connectivity index (χ0v) is 8.63. The summed E-state index contributed by atoms with van der Waals surface area (Å²) in [4.78, 5) is 0. The zero-order chi connectivity index (χ0) is 9.71. The number of rotatable bonds is 1. The van der Waals surface area contributed by atoms with Crippen molar-refractivity contribution < 1.29 is 4.52 Å². The number of hydrogen-bond acceptors (Lipinski definition) is 3. The third-order valence-electron chi connectivity index (χ3n) is 3.64. The molecule has 0 aliphatic heterocycles. The molecule has 1 heterocycles. The summed E-state index contributed by atoms with van der Waals surface area (Å²) in [6.45, 7) is 0. The van der Waals surface area contributed by atoms with E-state index in [4.69, 9.17) is 21.9 Å². The fourth-order valence-corrected chi connectivity index (χ4v) is 3.09. The second-order valence-corrected chi connectivity index (χ2v) is 4.76. The molecule has 0 saturated heterocycles. The predicted molar refractivity (Wildman–Crippen MR) is 54.1 cm³/mol. The topological polar surface area (TPSA) is 52.0 Å².